The summed E-state index contributed by atoms with van der Waals surface area (Å²) in [5.41, 5.74) is 0. The first-order valence-corrected chi connectivity index (χ1v) is 17.4. The van der Waals surface area contributed by atoms with Crippen molar-refractivity contribution in [1.29, 1.82) is 0 Å². The molecule has 14 heteroatoms. The van der Waals surface area contributed by atoms with E-state index < -0.39 is 6.67 Å². The van der Waals surface area contributed by atoms with Crippen molar-refractivity contribution in [2.45, 2.75) is 51.9 Å². The summed E-state index contributed by atoms with van der Waals surface area (Å²) in [6, 6.07) is 0. The van der Waals surface area contributed by atoms with Gasteiger partial charge in [0.1, 0.15) is 13.3 Å². The summed E-state index contributed by atoms with van der Waals surface area (Å²) < 4.78 is 76.2. The molecule has 282 valence electrons. The molecule has 0 atom stereocenters. The maximum absolute atomic E-state index is 11.8. The first kappa shape index (κ1) is 46.0. The fourth-order valence-corrected chi connectivity index (χ4v) is 3.69. The monoisotopic (exact) mass is 688 g/mol. The van der Waals surface area contributed by atoms with E-state index >= 15 is 0 Å². The van der Waals surface area contributed by atoms with Crippen LogP contribution in [0.5, 0.6) is 0 Å². The Morgan fingerprint density at radius 1 is 0.362 bits per heavy atom. The van der Waals surface area contributed by atoms with Crippen molar-refractivity contribution in [2.24, 2.45) is 0 Å². The van der Waals surface area contributed by atoms with Crippen LogP contribution in [0.15, 0.2) is 0 Å². The molecule has 47 heavy (non-hydrogen) atoms. The van der Waals surface area contributed by atoms with E-state index in [2.05, 4.69) is 6.92 Å². The lowest BCUT2D eigenvalue weighted by Crippen LogP contribution is -2.15. The van der Waals surface area contributed by atoms with Crippen LogP contribution in [0, 0.1) is 0 Å². The third-order valence-corrected chi connectivity index (χ3v) is 6.17. The SMILES string of the molecule is CCCCCCCCC(=O)OCCOCCOCCOCCOCCOCCOCCOCCOCCOCCOCCOCCF. The van der Waals surface area contributed by atoms with Gasteiger partial charge < -0.3 is 56.8 Å². The second-order valence-corrected chi connectivity index (χ2v) is 10.2. The number of hydrogen-bond acceptors (Lipinski definition) is 13. The number of esters is 1. The van der Waals surface area contributed by atoms with Gasteiger partial charge in [-0.3, -0.25) is 4.79 Å². The summed E-state index contributed by atoms with van der Waals surface area (Å²) in [6.45, 7) is 12.0. The van der Waals surface area contributed by atoms with E-state index in [9.17, 15) is 9.18 Å². The van der Waals surface area contributed by atoms with Crippen LogP contribution in [0.25, 0.3) is 0 Å². The third kappa shape index (κ3) is 42.9. The van der Waals surface area contributed by atoms with Crippen molar-refractivity contribution in [1.82, 2.24) is 0 Å². The average Bonchev–Trinajstić information content (AvgIpc) is 3.08. The van der Waals surface area contributed by atoms with Gasteiger partial charge in [-0.2, -0.15) is 0 Å². The largest absolute Gasteiger partial charge is 0.463 e. The van der Waals surface area contributed by atoms with Crippen molar-refractivity contribution in [3.8, 4) is 0 Å². The average molecular weight is 689 g/mol. The Kier molecular flexibility index (Phi) is 42.0. The smallest absolute Gasteiger partial charge is 0.305 e. The highest BCUT2D eigenvalue weighted by Gasteiger charge is 2.02. The van der Waals surface area contributed by atoms with Crippen molar-refractivity contribution in [3.63, 3.8) is 0 Å². The van der Waals surface area contributed by atoms with Crippen molar-refractivity contribution in [3.05, 3.63) is 0 Å². The molecule has 13 nitrogen and oxygen atoms in total. The normalized spacial score (nSPS) is 11.4. The molecule has 0 unspecified atom stereocenters. The molecule has 0 heterocycles. The zero-order chi connectivity index (χ0) is 34.0. The molecule has 0 spiro atoms. The van der Waals surface area contributed by atoms with Crippen molar-refractivity contribution < 1.29 is 66.0 Å². The lowest BCUT2D eigenvalue weighted by Gasteiger charge is -2.09. The Balaban J connectivity index is 3.09. The highest BCUT2D eigenvalue weighted by atomic mass is 19.1. The van der Waals surface area contributed by atoms with Crippen LogP contribution in [-0.2, 0) is 61.6 Å². The first-order chi connectivity index (χ1) is 23.3. The summed E-state index contributed by atoms with van der Waals surface area (Å²) in [7, 11) is 0. The standard InChI is InChI=1S/C33H65FO13/c1-2-3-4-5-6-7-8-33(35)47-32-31-46-30-29-45-28-27-44-26-25-43-24-23-42-22-21-41-20-19-40-18-17-39-16-15-38-14-13-37-12-11-36-10-9-34/h2-32H2,1H3. The molecule has 0 aromatic heterocycles. The van der Waals surface area contributed by atoms with Crippen LogP contribution >= 0.6 is 0 Å². The number of halogens is 1. The minimum Gasteiger partial charge on any atom is -0.463 e. The summed E-state index contributed by atoms with van der Waals surface area (Å²) in [5.74, 6) is -0.147. The number of hydrogen-bond donors (Lipinski definition) is 0. The number of carbonyl (C=O) groups is 1. The Bertz CT molecular complexity index is 593. The molecule has 0 aromatic rings. The van der Waals surface area contributed by atoms with Gasteiger partial charge in [-0.05, 0) is 6.42 Å². The van der Waals surface area contributed by atoms with E-state index in [1.54, 1.807) is 0 Å². The molecule has 0 rings (SSSR count). The lowest BCUT2D eigenvalue weighted by atomic mass is 10.1. The fourth-order valence-electron chi connectivity index (χ4n) is 3.69. The number of ether oxygens (including phenoxy) is 12. The second-order valence-electron chi connectivity index (χ2n) is 10.2. The van der Waals surface area contributed by atoms with Gasteiger partial charge in [-0.1, -0.05) is 39.0 Å². The maximum Gasteiger partial charge on any atom is 0.305 e. The van der Waals surface area contributed by atoms with E-state index in [0.29, 0.717) is 145 Å². The molecular formula is C33H65FO13. The fraction of sp³-hybridized carbons (Fsp3) is 0.970. The van der Waals surface area contributed by atoms with Gasteiger partial charge in [0.2, 0.25) is 0 Å². The molecule has 0 bridgehead atoms. The van der Waals surface area contributed by atoms with Crippen LogP contribution in [0.3, 0.4) is 0 Å². The quantitative estimate of drug-likeness (QED) is 0.0687. The zero-order valence-electron chi connectivity index (χ0n) is 29.1. The summed E-state index contributed by atoms with van der Waals surface area (Å²) in [5, 5.41) is 0. The molecule has 0 amide bonds. The molecule has 0 saturated carbocycles. The lowest BCUT2D eigenvalue weighted by molar-refractivity contribution is -0.145. The molecule has 0 fully saturated rings. The summed E-state index contributed by atoms with van der Waals surface area (Å²) >= 11 is 0. The molecule has 0 saturated heterocycles. The van der Waals surface area contributed by atoms with E-state index in [1.807, 2.05) is 0 Å². The van der Waals surface area contributed by atoms with Crippen molar-refractivity contribution >= 4 is 5.97 Å². The van der Waals surface area contributed by atoms with Gasteiger partial charge in [-0.15, -0.1) is 0 Å². The molecule has 0 radical (unpaired) electrons. The van der Waals surface area contributed by atoms with Gasteiger partial charge in [0.05, 0.1) is 145 Å². The molecule has 0 aromatic carbocycles. The number of rotatable bonds is 42. The Morgan fingerprint density at radius 3 is 0.915 bits per heavy atom. The molecule has 0 aliphatic heterocycles. The van der Waals surface area contributed by atoms with Gasteiger partial charge in [0, 0.05) is 6.42 Å². The predicted molar refractivity (Wildman–Crippen MR) is 174 cm³/mol. The third-order valence-electron chi connectivity index (χ3n) is 6.17. The molecule has 0 aliphatic rings. The molecular weight excluding hydrogens is 623 g/mol. The topological polar surface area (TPSA) is 128 Å². The molecule has 0 N–H and O–H groups in total. The van der Waals surface area contributed by atoms with E-state index in [1.165, 1.54) is 25.7 Å². The van der Waals surface area contributed by atoms with Gasteiger partial charge in [-0.25, -0.2) is 4.39 Å². The minimum atomic E-state index is -0.477. The molecule has 0 aliphatic carbocycles. The van der Waals surface area contributed by atoms with Crippen LogP contribution in [0.1, 0.15) is 51.9 Å². The van der Waals surface area contributed by atoms with Crippen LogP contribution < -0.4 is 0 Å². The van der Waals surface area contributed by atoms with E-state index in [-0.39, 0.29) is 19.2 Å². The number of carbonyl (C=O) groups excluding carboxylic acids is 1. The van der Waals surface area contributed by atoms with E-state index in [4.69, 9.17) is 56.8 Å². The van der Waals surface area contributed by atoms with Gasteiger partial charge >= 0.3 is 5.97 Å². The van der Waals surface area contributed by atoms with Crippen LogP contribution in [-0.4, -0.2) is 165 Å². The number of unbranched alkanes of at least 4 members (excludes halogenated alkanes) is 5. The Labute approximate surface area is 282 Å². The Hall–Kier alpha value is -1.04. The first-order valence-electron chi connectivity index (χ1n) is 17.4. The highest BCUT2D eigenvalue weighted by Crippen LogP contribution is 2.07. The van der Waals surface area contributed by atoms with Gasteiger partial charge in [0.25, 0.3) is 0 Å². The van der Waals surface area contributed by atoms with Crippen LogP contribution in [0.4, 0.5) is 4.39 Å². The van der Waals surface area contributed by atoms with Crippen LogP contribution in [0.2, 0.25) is 0 Å². The van der Waals surface area contributed by atoms with Crippen molar-refractivity contribution in [2.75, 3.05) is 159 Å². The maximum atomic E-state index is 11.8. The Morgan fingerprint density at radius 2 is 0.617 bits per heavy atom. The predicted octanol–water partition coefficient (Wildman–Crippen LogP) is 3.43. The summed E-state index contributed by atoms with van der Waals surface area (Å²) in [6.07, 6.45) is 7.40. The summed E-state index contributed by atoms with van der Waals surface area (Å²) in [4.78, 5) is 11.7. The second kappa shape index (κ2) is 43.0. The van der Waals surface area contributed by atoms with E-state index in [0.717, 1.165) is 12.8 Å². The number of alkyl halides is 1. The zero-order valence-corrected chi connectivity index (χ0v) is 29.1. The minimum absolute atomic E-state index is 0.111. The van der Waals surface area contributed by atoms with Gasteiger partial charge in [0.15, 0.2) is 0 Å². The highest BCUT2D eigenvalue weighted by molar-refractivity contribution is 5.69.